The highest BCUT2D eigenvalue weighted by Crippen LogP contribution is 2.40. The minimum atomic E-state index is 0.163. The van der Waals surface area contributed by atoms with E-state index in [0.29, 0.717) is 0 Å². The fraction of sp³-hybridized carbons (Fsp3) is 0.308. The molecule has 0 saturated carbocycles. The van der Waals surface area contributed by atoms with E-state index in [0.717, 1.165) is 38.0 Å². The first-order valence-corrected chi connectivity index (χ1v) is 11.3. The molecule has 0 amide bonds. The SMILES string of the molecule is Cc1ccc(Sc2ccc(CC3(c4cc(N)ccc4C)CCNCC3)cc2)cc1. The molecule has 0 aliphatic carbocycles. The Kier molecular flexibility index (Phi) is 5.98. The Labute approximate surface area is 178 Å². The second-order valence-corrected chi connectivity index (χ2v) is 9.49. The van der Waals surface area contributed by atoms with Crippen molar-refractivity contribution < 1.29 is 0 Å². The monoisotopic (exact) mass is 402 g/mol. The summed E-state index contributed by atoms with van der Waals surface area (Å²) in [4.78, 5) is 2.57. The maximum Gasteiger partial charge on any atom is 0.0317 e. The number of nitrogens with one attached hydrogen (secondary N) is 1. The van der Waals surface area contributed by atoms with Crippen molar-refractivity contribution in [2.45, 2.75) is 48.3 Å². The molecule has 1 saturated heterocycles. The summed E-state index contributed by atoms with van der Waals surface area (Å²) in [5.41, 5.74) is 12.7. The molecule has 4 rings (SSSR count). The molecular formula is C26H30N2S. The van der Waals surface area contributed by atoms with E-state index in [1.54, 1.807) is 0 Å². The lowest BCUT2D eigenvalue weighted by Gasteiger charge is -2.39. The van der Waals surface area contributed by atoms with Crippen LogP contribution < -0.4 is 11.1 Å². The van der Waals surface area contributed by atoms with Crippen LogP contribution in [0, 0.1) is 13.8 Å². The highest BCUT2D eigenvalue weighted by molar-refractivity contribution is 7.99. The van der Waals surface area contributed by atoms with Crippen LogP contribution in [-0.4, -0.2) is 13.1 Å². The molecule has 0 radical (unpaired) electrons. The quantitative estimate of drug-likeness (QED) is 0.522. The Balaban J connectivity index is 1.56. The average molecular weight is 403 g/mol. The van der Waals surface area contributed by atoms with Gasteiger partial charge in [0.05, 0.1) is 0 Å². The third kappa shape index (κ3) is 4.68. The maximum absolute atomic E-state index is 6.17. The zero-order chi connectivity index (χ0) is 20.3. The van der Waals surface area contributed by atoms with Gasteiger partial charge in [-0.25, -0.2) is 0 Å². The minimum Gasteiger partial charge on any atom is -0.399 e. The second-order valence-electron chi connectivity index (χ2n) is 8.34. The third-order valence-electron chi connectivity index (χ3n) is 6.12. The molecule has 0 atom stereocenters. The average Bonchev–Trinajstić information content (AvgIpc) is 2.73. The fourth-order valence-electron chi connectivity index (χ4n) is 4.47. The molecule has 150 valence electrons. The van der Waals surface area contributed by atoms with Crippen LogP contribution in [0.15, 0.2) is 76.5 Å². The molecule has 1 fully saturated rings. The highest BCUT2D eigenvalue weighted by Gasteiger charge is 2.35. The molecule has 1 heterocycles. The first-order chi connectivity index (χ1) is 14.0. The zero-order valence-corrected chi connectivity index (χ0v) is 18.2. The minimum absolute atomic E-state index is 0.163. The summed E-state index contributed by atoms with van der Waals surface area (Å²) in [6, 6.07) is 24.3. The summed E-state index contributed by atoms with van der Waals surface area (Å²) in [6.07, 6.45) is 3.36. The van der Waals surface area contributed by atoms with Gasteiger partial charge in [0, 0.05) is 20.9 Å². The number of anilines is 1. The molecule has 1 aliphatic heterocycles. The second kappa shape index (κ2) is 8.64. The van der Waals surface area contributed by atoms with Crippen LogP contribution in [0.3, 0.4) is 0 Å². The van der Waals surface area contributed by atoms with Crippen LogP contribution in [0.1, 0.15) is 35.1 Å². The number of nitrogens with two attached hydrogens (primary N) is 1. The van der Waals surface area contributed by atoms with Crippen molar-refractivity contribution in [2.24, 2.45) is 0 Å². The smallest absolute Gasteiger partial charge is 0.0317 e. The van der Waals surface area contributed by atoms with Gasteiger partial charge in [0.2, 0.25) is 0 Å². The molecule has 0 aromatic heterocycles. The van der Waals surface area contributed by atoms with Gasteiger partial charge in [-0.3, -0.25) is 0 Å². The zero-order valence-electron chi connectivity index (χ0n) is 17.4. The van der Waals surface area contributed by atoms with Crippen LogP contribution in [0.5, 0.6) is 0 Å². The Hall–Kier alpha value is -2.23. The van der Waals surface area contributed by atoms with Gasteiger partial charge in [0.15, 0.2) is 0 Å². The first-order valence-electron chi connectivity index (χ1n) is 10.4. The Morgan fingerprint density at radius 1 is 0.862 bits per heavy atom. The van der Waals surface area contributed by atoms with Crippen molar-refractivity contribution in [2.75, 3.05) is 18.8 Å². The van der Waals surface area contributed by atoms with E-state index in [1.807, 2.05) is 17.8 Å². The third-order valence-corrected chi connectivity index (χ3v) is 7.13. The topological polar surface area (TPSA) is 38.0 Å². The van der Waals surface area contributed by atoms with E-state index < -0.39 is 0 Å². The lowest BCUT2D eigenvalue weighted by Crippen LogP contribution is -2.42. The predicted molar refractivity (Wildman–Crippen MR) is 125 cm³/mol. The van der Waals surface area contributed by atoms with Gasteiger partial charge in [-0.05, 0) is 99.3 Å². The molecule has 3 aromatic rings. The number of benzene rings is 3. The van der Waals surface area contributed by atoms with Gasteiger partial charge >= 0.3 is 0 Å². The summed E-state index contributed by atoms with van der Waals surface area (Å²) < 4.78 is 0. The number of hydrogen-bond donors (Lipinski definition) is 2. The van der Waals surface area contributed by atoms with Gasteiger partial charge in [0.1, 0.15) is 0 Å². The van der Waals surface area contributed by atoms with Crippen molar-refractivity contribution in [1.82, 2.24) is 5.32 Å². The normalized spacial score (nSPS) is 15.9. The summed E-state index contributed by atoms with van der Waals surface area (Å²) in [5, 5.41) is 3.53. The van der Waals surface area contributed by atoms with Crippen LogP contribution in [0.2, 0.25) is 0 Å². The summed E-state index contributed by atoms with van der Waals surface area (Å²) >= 11 is 1.82. The molecule has 29 heavy (non-hydrogen) atoms. The number of hydrogen-bond acceptors (Lipinski definition) is 3. The number of nitrogen functional groups attached to an aromatic ring is 1. The highest BCUT2D eigenvalue weighted by atomic mass is 32.2. The van der Waals surface area contributed by atoms with Crippen molar-refractivity contribution in [3.63, 3.8) is 0 Å². The van der Waals surface area contributed by atoms with Crippen molar-refractivity contribution >= 4 is 17.4 Å². The molecule has 3 N–H and O–H groups in total. The Bertz CT molecular complexity index is 955. The van der Waals surface area contributed by atoms with Crippen LogP contribution in [-0.2, 0) is 11.8 Å². The molecule has 3 heteroatoms. The first kappa shape index (κ1) is 20.1. The predicted octanol–water partition coefficient (Wildman–Crippen LogP) is 5.90. The van der Waals surface area contributed by atoms with Crippen molar-refractivity contribution in [3.05, 3.63) is 89.0 Å². The summed E-state index contributed by atoms with van der Waals surface area (Å²) in [5.74, 6) is 0. The molecule has 1 aliphatic rings. The maximum atomic E-state index is 6.17. The van der Waals surface area contributed by atoms with Crippen LogP contribution in [0.25, 0.3) is 0 Å². The van der Waals surface area contributed by atoms with E-state index >= 15 is 0 Å². The van der Waals surface area contributed by atoms with Crippen molar-refractivity contribution in [3.8, 4) is 0 Å². The fourth-order valence-corrected chi connectivity index (χ4v) is 5.28. The van der Waals surface area contributed by atoms with Crippen LogP contribution >= 0.6 is 11.8 Å². The van der Waals surface area contributed by atoms with Gasteiger partial charge in [-0.2, -0.15) is 0 Å². The van der Waals surface area contributed by atoms with E-state index in [-0.39, 0.29) is 5.41 Å². The number of aryl methyl sites for hydroxylation is 2. The summed E-state index contributed by atoms with van der Waals surface area (Å²) in [7, 11) is 0. The molecule has 3 aromatic carbocycles. The van der Waals surface area contributed by atoms with Gasteiger partial charge in [-0.15, -0.1) is 0 Å². The van der Waals surface area contributed by atoms with E-state index in [9.17, 15) is 0 Å². The van der Waals surface area contributed by atoms with E-state index in [2.05, 4.69) is 79.8 Å². The molecule has 0 unspecified atom stereocenters. The number of piperidine rings is 1. The largest absolute Gasteiger partial charge is 0.399 e. The standard InChI is InChI=1S/C26H30N2S/c1-19-3-9-23(10-4-19)29-24-11-6-21(7-12-24)18-26(13-15-28-16-14-26)25-17-22(27)8-5-20(25)2/h3-12,17,28H,13-16,18,27H2,1-2H3. The lowest BCUT2D eigenvalue weighted by molar-refractivity contribution is 0.304. The lowest BCUT2D eigenvalue weighted by atomic mass is 9.68. The van der Waals surface area contributed by atoms with E-state index in [1.165, 1.54) is 32.0 Å². The van der Waals surface area contributed by atoms with Gasteiger partial charge < -0.3 is 11.1 Å². The molecule has 0 spiro atoms. The molecule has 0 bridgehead atoms. The van der Waals surface area contributed by atoms with Gasteiger partial charge in [0.25, 0.3) is 0 Å². The molecular weight excluding hydrogens is 372 g/mol. The van der Waals surface area contributed by atoms with Crippen molar-refractivity contribution in [1.29, 1.82) is 0 Å². The Morgan fingerprint density at radius 3 is 2.14 bits per heavy atom. The number of rotatable bonds is 5. The van der Waals surface area contributed by atoms with E-state index in [4.69, 9.17) is 5.73 Å². The Morgan fingerprint density at radius 2 is 1.48 bits per heavy atom. The van der Waals surface area contributed by atoms with Crippen LogP contribution in [0.4, 0.5) is 5.69 Å². The summed E-state index contributed by atoms with van der Waals surface area (Å²) in [6.45, 7) is 6.48. The van der Waals surface area contributed by atoms with Gasteiger partial charge in [-0.1, -0.05) is 47.7 Å². The molecule has 2 nitrogen and oxygen atoms in total.